The molecule has 110 valence electrons. The number of nitrogens with one attached hydrogen (secondary N) is 1. The highest BCUT2D eigenvalue weighted by Gasteiger charge is 2.43. The largest absolute Gasteiger partial charge is 0.480 e. The predicted octanol–water partition coefficient (Wildman–Crippen LogP) is 0.571. The summed E-state index contributed by atoms with van der Waals surface area (Å²) in [6.45, 7) is 2.06. The topological polar surface area (TPSA) is 101 Å². The second kappa shape index (κ2) is 5.90. The summed E-state index contributed by atoms with van der Waals surface area (Å²) in [6.07, 6.45) is 4.14. The van der Waals surface area contributed by atoms with E-state index in [0.29, 0.717) is 18.8 Å². The molecule has 1 aliphatic rings. The maximum atomic E-state index is 11.6. The summed E-state index contributed by atoms with van der Waals surface area (Å²) in [5.74, 6) is -2.00. The quantitative estimate of drug-likeness (QED) is 0.771. The second-order valence-corrected chi connectivity index (χ2v) is 7.50. The highest BCUT2D eigenvalue weighted by atomic mass is 32.2. The summed E-state index contributed by atoms with van der Waals surface area (Å²) in [5.41, 5.74) is -1.30. The van der Waals surface area contributed by atoms with Crippen molar-refractivity contribution < 1.29 is 23.1 Å². The zero-order chi connectivity index (χ0) is 14.7. The van der Waals surface area contributed by atoms with Crippen LogP contribution in [0.1, 0.15) is 39.0 Å². The van der Waals surface area contributed by atoms with E-state index in [9.17, 15) is 23.1 Å². The number of carbonyl (C=O) groups excluding carboxylic acids is 1. The number of hydrogen-bond acceptors (Lipinski definition) is 4. The van der Waals surface area contributed by atoms with Gasteiger partial charge in [-0.25, -0.2) is 13.2 Å². The van der Waals surface area contributed by atoms with Crippen LogP contribution in [-0.4, -0.2) is 42.9 Å². The van der Waals surface area contributed by atoms with E-state index >= 15 is 0 Å². The first-order chi connectivity index (χ1) is 8.68. The highest BCUT2D eigenvalue weighted by molar-refractivity contribution is 7.91. The maximum Gasteiger partial charge on any atom is 0.329 e. The summed E-state index contributed by atoms with van der Waals surface area (Å²) in [7, 11) is -3.45. The molecule has 0 radical (unpaired) electrons. The third-order valence-electron chi connectivity index (χ3n) is 3.72. The van der Waals surface area contributed by atoms with Crippen molar-refractivity contribution in [2.45, 2.75) is 44.6 Å². The highest BCUT2D eigenvalue weighted by Crippen LogP contribution is 2.34. The Morgan fingerprint density at radius 2 is 1.84 bits per heavy atom. The lowest BCUT2D eigenvalue weighted by molar-refractivity contribution is -0.149. The molecule has 1 fully saturated rings. The van der Waals surface area contributed by atoms with Crippen molar-refractivity contribution in [1.29, 1.82) is 0 Å². The van der Waals surface area contributed by atoms with Gasteiger partial charge < -0.3 is 10.4 Å². The molecule has 1 amide bonds. The van der Waals surface area contributed by atoms with Gasteiger partial charge in [0.15, 0.2) is 9.84 Å². The van der Waals surface area contributed by atoms with Crippen LogP contribution in [0.5, 0.6) is 0 Å². The van der Waals surface area contributed by atoms with Crippen LogP contribution in [-0.2, 0) is 19.4 Å². The smallest absolute Gasteiger partial charge is 0.329 e. The standard InChI is InChI=1S/C12H21NO5S/c1-3-9-4-6-12(7-5-9,11(15)16)13-10(14)8-19(2,17)18/h9H,3-8H2,1-2H3,(H,13,14)(H,15,16). The van der Waals surface area contributed by atoms with Crippen LogP contribution in [0.25, 0.3) is 0 Å². The normalized spacial score (nSPS) is 27.8. The van der Waals surface area contributed by atoms with Gasteiger partial charge in [-0.15, -0.1) is 0 Å². The Kier molecular flexibility index (Phi) is 4.95. The fraction of sp³-hybridized carbons (Fsp3) is 0.833. The van der Waals surface area contributed by atoms with Crippen LogP contribution in [0, 0.1) is 5.92 Å². The Balaban J connectivity index is 2.74. The van der Waals surface area contributed by atoms with Gasteiger partial charge in [0.1, 0.15) is 11.3 Å². The van der Waals surface area contributed by atoms with E-state index < -0.39 is 33.0 Å². The molecule has 2 N–H and O–H groups in total. The van der Waals surface area contributed by atoms with E-state index in [1.165, 1.54) is 0 Å². The van der Waals surface area contributed by atoms with Crippen molar-refractivity contribution >= 4 is 21.7 Å². The van der Waals surface area contributed by atoms with Gasteiger partial charge in [0.2, 0.25) is 5.91 Å². The van der Waals surface area contributed by atoms with Crippen molar-refractivity contribution in [3.05, 3.63) is 0 Å². The van der Waals surface area contributed by atoms with Gasteiger partial charge in [-0.1, -0.05) is 13.3 Å². The minimum absolute atomic E-state index is 0.357. The number of carboxylic acids is 1. The molecular formula is C12H21NO5S. The summed E-state index contributed by atoms with van der Waals surface area (Å²) in [6, 6.07) is 0. The van der Waals surface area contributed by atoms with Gasteiger partial charge >= 0.3 is 5.97 Å². The minimum atomic E-state index is -3.45. The number of rotatable bonds is 5. The number of hydrogen-bond donors (Lipinski definition) is 2. The van der Waals surface area contributed by atoms with Gasteiger partial charge in [0.25, 0.3) is 0 Å². The molecule has 1 saturated carbocycles. The van der Waals surface area contributed by atoms with Gasteiger partial charge in [-0.05, 0) is 31.6 Å². The first-order valence-corrected chi connectivity index (χ1v) is 8.47. The van der Waals surface area contributed by atoms with Crippen LogP contribution in [0.3, 0.4) is 0 Å². The third kappa shape index (κ3) is 4.49. The lowest BCUT2D eigenvalue weighted by Gasteiger charge is -2.37. The molecule has 7 heteroatoms. The van der Waals surface area contributed by atoms with Crippen LogP contribution >= 0.6 is 0 Å². The van der Waals surface area contributed by atoms with Crippen LogP contribution in [0.4, 0.5) is 0 Å². The van der Waals surface area contributed by atoms with Crippen molar-refractivity contribution in [3.8, 4) is 0 Å². The Morgan fingerprint density at radius 1 is 1.32 bits per heavy atom. The Hall–Kier alpha value is -1.11. The lowest BCUT2D eigenvalue weighted by Crippen LogP contribution is -2.57. The lowest BCUT2D eigenvalue weighted by atomic mass is 9.75. The molecule has 0 aliphatic heterocycles. The zero-order valence-electron chi connectivity index (χ0n) is 11.3. The molecule has 1 aliphatic carbocycles. The molecule has 0 aromatic carbocycles. The monoisotopic (exact) mass is 291 g/mol. The first kappa shape index (κ1) is 15.9. The predicted molar refractivity (Wildman–Crippen MR) is 70.5 cm³/mol. The van der Waals surface area contributed by atoms with E-state index in [-0.39, 0.29) is 0 Å². The second-order valence-electron chi connectivity index (χ2n) is 5.36. The van der Waals surface area contributed by atoms with E-state index in [1.807, 2.05) is 0 Å². The van der Waals surface area contributed by atoms with Crippen LogP contribution in [0.2, 0.25) is 0 Å². The number of amides is 1. The number of carbonyl (C=O) groups is 2. The van der Waals surface area contributed by atoms with Crippen molar-refractivity contribution in [1.82, 2.24) is 5.32 Å². The molecule has 0 saturated heterocycles. The molecule has 19 heavy (non-hydrogen) atoms. The van der Waals surface area contributed by atoms with E-state index in [2.05, 4.69) is 12.2 Å². The van der Waals surface area contributed by atoms with Crippen molar-refractivity contribution in [2.75, 3.05) is 12.0 Å². The average Bonchev–Trinajstić information content (AvgIpc) is 2.27. The molecule has 0 heterocycles. The number of sulfone groups is 1. The summed E-state index contributed by atoms with van der Waals surface area (Å²) in [5, 5.41) is 11.7. The Labute approximate surface area is 113 Å². The molecule has 0 bridgehead atoms. The van der Waals surface area contributed by atoms with Crippen LogP contribution < -0.4 is 5.32 Å². The maximum absolute atomic E-state index is 11.6. The summed E-state index contributed by atoms with van der Waals surface area (Å²) >= 11 is 0. The molecular weight excluding hydrogens is 270 g/mol. The molecule has 6 nitrogen and oxygen atoms in total. The van der Waals surface area contributed by atoms with Crippen LogP contribution in [0.15, 0.2) is 0 Å². The third-order valence-corrected chi connectivity index (χ3v) is 4.50. The Morgan fingerprint density at radius 3 is 2.21 bits per heavy atom. The van der Waals surface area contributed by atoms with E-state index in [1.54, 1.807) is 0 Å². The van der Waals surface area contributed by atoms with Gasteiger partial charge in [0.05, 0.1) is 0 Å². The molecule has 0 spiro atoms. The van der Waals surface area contributed by atoms with E-state index in [4.69, 9.17) is 0 Å². The van der Waals surface area contributed by atoms with Crippen molar-refractivity contribution in [2.24, 2.45) is 5.92 Å². The fourth-order valence-corrected chi connectivity index (χ4v) is 3.06. The molecule has 0 unspecified atom stereocenters. The summed E-state index contributed by atoms with van der Waals surface area (Å²) in [4.78, 5) is 23.0. The average molecular weight is 291 g/mol. The SMILES string of the molecule is CCC1CCC(NC(=O)CS(C)(=O)=O)(C(=O)O)CC1. The molecule has 1 rings (SSSR count). The molecule has 0 aromatic heterocycles. The molecule has 0 atom stereocenters. The zero-order valence-corrected chi connectivity index (χ0v) is 12.1. The first-order valence-electron chi connectivity index (χ1n) is 6.40. The van der Waals surface area contributed by atoms with Gasteiger partial charge in [0, 0.05) is 6.26 Å². The van der Waals surface area contributed by atoms with E-state index in [0.717, 1.165) is 25.5 Å². The summed E-state index contributed by atoms with van der Waals surface area (Å²) < 4.78 is 22.1. The van der Waals surface area contributed by atoms with Crippen molar-refractivity contribution in [3.63, 3.8) is 0 Å². The van der Waals surface area contributed by atoms with Gasteiger partial charge in [-0.2, -0.15) is 0 Å². The fourth-order valence-electron chi connectivity index (χ4n) is 2.51. The Bertz CT molecular complexity index is 449. The number of aliphatic carboxylic acids is 1. The molecule has 0 aromatic rings. The number of carboxylic acid groups (broad SMARTS) is 1. The van der Waals surface area contributed by atoms with Gasteiger partial charge in [-0.3, -0.25) is 4.79 Å². The minimum Gasteiger partial charge on any atom is -0.480 e.